The van der Waals surface area contributed by atoms with Gasteiger partial charge in [-0.15, -0.1) is 0 Å². The molecular weight excluding hydrogens is 134 g/mol. The van der Waals surface area contributed by atoms with Gasteiger partial charge in [0.1, 0.15) is 0 Å². The van der Waals surface area contributed by atoms with Gasteiger partial charge in [0, 0.05) is 17.4 Å². The average Bonchev–Trinajstić information content (AvgIpc) is 2.08. The summed E-state index contributed by atoms with van der Waals surface area (Å²) in [5.41, 5.74) is 2.91. The van der Waals surface area contributed by atoms with E-state index in [1.54, 1.807) is 0 Å². The third-order valence-electron chi connectivity index (χ3n) is 1.87. The summed E-state index contributed by atoms with van der Waals surface area (Å²) >= 11 is 0. The largest absolute Gasteiger partial charge is 0.346 e. The molecule has 1 heteroatoms. The molecule has 0 aromatic carbocycles. The van der Waals surface area contributed by atoms with Gasteiger partial charge in [0.2, 0.25) is 0 Å². The van der Waals surface area contributed by atoms with Gasteiger partial charge in [-0.25, -0.2) is 0 Å². The number of hydrogen-bond acceptors (Lipinski definition) is 0. The molecule has 62 valence electrons. The minimum absolute atomic E-state index is 0.221. The number of nitrogens with zero attached hydrogens (tertiary/aromatic N) is 1. The SMILES string of the molecule is Cc1cc(C)n(C(C)(C)C)c1. The van der Waals surface area contributed by atoms with Crippen molar-refractivity contribution in [3.05, 3.63) is 23.5 Å². The fraction of sp³-hybridized carbons (Fsp3) is 0.600. The second-order valence-corrected chi connectivity index (χ2v) is 4.20. The molecule has 0 saturated carbocycles. The fourth-order valence-electron chi connectivity index (χ4n) is 1.46. The Hall–Kier alpha value is -0.720. The van der Waals surface area contributed by atoms with E-state index < -0.39 is 0 Å². The lowest BCUT2D eigenvalue weighted by Crippen LogP contribution is -2.21. The lowest BCUT2D eigenvalue weighted by molar-refractivity contribution is 0.390. The Kier molecular flexibility index (Phi) is 1.83. The Labute approximate surface area is 69.0 Å². The van der Waals surface area contributed by atoms with E-state index in [2.05, 4.69) is 51.4 Å². The fourth-order valence-corrected chi connectivity index (χ4v) is 1.46. The molecule has 0 radical (unpaired) electrons. The second-order valence-electron chi connectivity index (χ2n) is 4.20. The summed E-state index contributed by atoms with van der Waals surface area (Å²) in [7, 11) is 0. The van der Waals surface area contributed by atoms with Crippen LogP contribution in [0.2, 0.25) is 0 Å². The van der Waals surface area contributed by atoms with Crippen LogP contribution < -0.4 is 0 Å². The standard InChI is InChI=1S/C10H17N/c1-8-6-9(2)11(7-8)10(3,4)5/h6-7H,1-5H3. The maximum absolute atomic E-state index is 2.31. The lowest BCUT2D eigenvalue weighted by Gasteiger charge is -2.23. The van der Waals surface area contributed by atoms with Gasteiger partial charge in [-0.05, 0) is 46.2 Å². The van der Waals surface area contributed by atoms with Gasteiger partial charge in [-0.1, -0.05) is 0 Å². The van der Waals surface area contributed by atoms with Gasteiger partial charge in [0.15, 0.2) is 0 Å². The van der Waals surface area contributed by atoms with Crippen molar-refractivity contribution < 1.29 is 0 Å². The summed E-state index contributed by atoms with van der Waals surface area (Å²) in [6, 6.07) is 2.21. The van der Waals surface area contributed by atoms with E-state index in [1.165, 1.54) is 11.3 Å². The quantitative estimate of drug-likeness (QED) is 0.537. The highest BCUT2D eigenvalue weighted by Crippen LogP contribution is 2.18. The Morgan fingerprint density at radius 3 is 1.91 bits per heavy atom. The summed E-state index contributed by atoms with van der Waals surface area (Å²) < 4.78 is 2.31. The predicted molar refractivity (Wildman–Crippen MR) is 48.9 cm³/mol. The molecule has 1 aromatic rings. The van der Waals surface area contributed by atoms with Gasteiger partial charge in [-0.2, -0.15) is 0 Å². The third-order valence-corrected chi connectivity index (χ3v) is 1.87. The van der Waals surface area contributed by atoms with Crippen LogP contribution in [0.15, 0.2) is 12.3 Å². The first-order chi connectivity index (χ1) is 4.91. The summed E-state index contributed by atoms with van der Waals surface area (Å²) in [6.07, 6.45) is 2.20. The molecule has 0 bridgehead atoms. The first-order valence-electron chi connectivity index (χ1n) is 4.07. The molecule has 0 aliphatic heterocycles. The van der Waals surface area contributed by atoms with Crippen molar-refractivity contribution in [3.8, 4) is 0 Å². The molecule has 0 spiro atoms. The van der Waals surface area contributed by atoms with Crippen molar-refractivity contribution in [1.82, 2.24) is 4.57 Å². The minimum atomic E-state index is 0.221. The average molecular weight is 151 g/mol. The second kappa shape index (κ2) is 2.40. The zero-order valence-electron chi connectivity index (χ0n) is 8.10. The van der Waals surface area contributed by atoms with E-state index in [1.807, 2.05) is 0 Å². The van der Waals surface area contributed by atoms with Gasteiger partial charge in [0.05, 0.1) is 0 Å². The topological polar surface area (TPSA) is 4.93 Å². The Bertz CT molecular complexity index is 250. The van der Waals surface area contributed by atoms with Gasteiger partial charge in [-0.3, -0.25) is 0 Å². The molecule has 0 amide bonds. The van der Waals surface area contributed by atoms with Crippen LogP contribution in [0.4, 0.5) is 0 Å². The molecule has 1 heterocycles. The van der Waals surface area contributed by atoms with E-state index in [0.29, 0.717) is 0 Å². The van der Waals surface area contributed by atoms with Crippen molar-refractivity contribution in [2.75, 3.05) is 0 Å². The molecule has 0 fully saturated rings. The predicted octanol–water partition coefficient (Wildman–Crippen LogP) is 2.86. The van der Waals surface area contributed by atoms with Crippen molar-refractivity contribution in [2.24, 2.45) is 0 Å². The first-order valence-corrected chi connectivity index (χ1v) is 4.07. The van der Waals surface area contributed by atoms with Gasteiger partial charge >= 0.3 is 0 Å². The molecule has 0 aliphatic rings. The molecule has 0 saturated heterocycles. The monoisotopic (exact) mass is 151 g/mol. The highest BCUT2D eigenvalue weighted by molar-refractivity contribution is 5.17. The summed E-state index contributed by atoms with van der Waals surface area (Å²) in [5.74, 6) is 0. The van der Waals surface area contributed by atoms with Crippen LogP contribution in [0.25, 0.3) is 0 Å². The van der Waals surface area contributed by atoms with Gasteiger partial charge < -0.3 is 4.57 Å². The van der Waals surface area contributed by atoms with Crippen LogP contribution in [-0.4, -0.2) is 4.57 Å². The summed E-state index contributed by atoms with van der Waals surface area (Å²) in [5, 5.41) is 0. The molecule has 1 nitrogen and oxygen atoms in total. The molecule has 0 N–H and O–H groups in total. The van der Waals surface area contributed by atoms with Crippen molar-refractivity contribution in [1.29, 1.82) is 0 Å². The van der Waals surface area contributed by atoms with Gasteiger partial charge in [0.25, 0.3) is 0 Å². The van der Waals surface area contributed by atoms with E-state index >= 15 is 0 Å². The Morgan fingerprint density at radius 2 is 1.73 bits per heavy atom. The van der Waals surface area contributed by atoms with E-state index in [-0.39, 0.29) is 5.54 Å². The molecule has 1 rings (SSSR count). The van der Waals surface area contributed by atoms with Crippen LogP contribution in [0.3, 0.4) is 0 Å². The zero-order valence-corrected chi connectivity index (χ0v) is 8.10. The zero-order chi connectivity index (χ0) is 8.65. The lowest BCUT2D eigenvalue weighted by atomic mass is 10.1. The Balaban J connectivity index is 3.13. The van der Waals surface area contributed by atoms with Crippen molar-refractivity contribution in [3.63, 3.8) is 0 Å². The van der Waals surface area contributed by atoms with Crippen molar-refractivity contribution >= 4 is 0 Å². The molecule has 0 atom stereocenters. The van der Waals surface area contributed by atoms with Crippen LogP contribution in [-0.2, 0) is 5.54 Å². The number of hydrogen-bond donors (Lipinski definition) is 0. The molecule has 11 heavy (non-hydrogen) atoms. The first kappa shape index (κ1) is 8.38. The maximum Gasteiger partial charge on any atom is 0.0358 e. The minimum Gasteiger partial charge on any atom is -0.346 e. The summed E-state index contributed by atoms with van der Waals surface area (Å²) in [6.45, 7) is 11.0. The van der Waals surface area contributed by atoms with Crippen LogP contribution in [0, 0.1) is 13.8 Å². The number of rotatable bonds is 0. The van der Waals surface area contributed by atoms with Crippen LogP contribution >= 0.6 is 0 Å². The van der Waals surface area contributed by atoms with E-state index in [0.717, 1.165) is 0 Å². The maximum atomic E-state index is 2.31. The highest BCUT2D eigenvalue weighted by Gasteiger charge is 2.13. The molecule has 1 aromatic heterocycles. The Morgan fingerprint density at radius 1 is 1.18 bits per heavy atom. The highest BCUT2D eigenvalue weighted by atomic mass is 15.0. The smallest absolute Gasteiger partial charge is 0.0358 e. The summed E-state index contributed by atoms with van der Waals surface area (Å²) in [4.78, 5) is 0. The molecule has 0 aliphatic carbocycles. The van der Waals surface area contributed by atoms with Crippen molar-refractivity contribution in [2.45, 2.75) is 40.2 Å². The molecular formula is C10H17N. The number of aromatic nitrogens is 1. The molecule has 0 unspecified atom stereocenters. The van der Waals surface area contributed by atoms with Crippen LogP contribution in [0.1, 0.15) is 32.0 Å². The van der Waals surface area contributed by atoms with E-state index in [9.17, 15) is 0 Å². The van der Waals surface area contributed by atoms with Crippen LogP contribution in [0.5, 0.6) is 0 Å². The normalized spacial score (nSPS) is 12.1. The van der Waals surface area contributed by atoms with E-state index in [4.69, 9.17) is 0 Å². The third kappa shape index (κ3) is 1.65. The number of aryl methyl sites for hydroxylation is 2.